The fraction of sp³-hybridized carbons (Fsp3) is 0.485. The molecule has 11 heteroatoms. The van der Waals surface area contributed by atoms with Crippen LogP contribution in [0, 0.1) is 17.8 Å². The molecule has 11 nitrogen and oxygen atoms in total. The van der Waals surface area contributed by atoms with E-state index in [1.165, 1.54) is 11.6 Å². The second-order valence-electron chi connectivity index (χ2n) is 13.1. The Hall–Kier alpha value is -3.61. The summed E-state index contributed by atoms with van der Waals surface area (Å²) in [6, 6.07) is 10.5. The van der Waals surface area contributed by atoms with Crippen molar-refractivity contribution in [2.45, 2.75) is 37.1 Å². The van der Waals surface area contributed by atoms with Gasteiger partial charge in [-0.25, -0.2) is 0 Å². The minimum absolute atomic E-state index is 0.0806. The van der Waals surface area contributed by atoms with Crippen LogP contribution in [0.5, 0.6) is 5.75 Å². The lowest BCUT2D eigenvalue weighted by molar-refractivity contribution is -0.184. The van der Waals surface area contributed by atoms with E-state index >= 15 is 0 Å². The maximum absolute atomic E-state index is 14.0. The van der Waals surface area contributed by atoms with E-state index in [0.29, 0.717) is 5.56 Å². The quantitative estimate of drug-likeness (QED) is 0.304. The van der Waals surface area contributed by atoms with Gasteiger partial charge in [-0.1, -0.05) is 30.3 Å². The Labute approximate surface area is 256 Å². The number of ketones is 2. The van der Waals surface area contributed by atoms with Crippen LogP contribution in [0.3, 0.4) is 0 Å². The Bertz CT molecular complexity index is 1550. The molecular weight excluding hydrogens is 564 g/mol. The number of fused-ring (bicyclic) bond motifs is 3. The van der Waals surface area contributed by atoms with Crippen molar-refractivity contribution in [2.24, 2.45) is 23.5 Å². The van der Waals surface area contributed by atoms with E-state index in [1.807, 2.05) is 12.1 Å². The van der Waals surface area contributed by atoms with Crippen molar-refractivity contribution in [3.05, 3.63) is 58.7 Å². The second kappa shape index (κ2) is 11.1. The number of phenolic OH excluding ortho intramolecular Hbond substituents is 1. The number of hydrogen-bond donors (Lipinski definition) is 5. The molecule has 0 bridgehead atoms. The Kier molecular flexibility index (Phi) is 7.66. The molecule has 0 spiro atoms. The van der Waals surface area contributed by atoms with Gasteiger partial charge in [-0.3, -0.25) is 19.3 Å². The van der Waals surface area contributed by atoms with E-state index in [0.717, 1.165) is 43.9 Å². The molecule has 2 unspecified atom stereocenters. The van der Waals surface area contributed by atoms with Gasteiger partial charge < -0.3 is 36.0 Å². The molecular formula is C33H40N4O7. The minimum Gasteiger partial charge on any atom is -0.507 e. The third kappa shape index (κ3) is 4.65. The topological polar surface area (TPSA) is 168 Å². The average molecular weight is 605 g/mol. The Morgan fingerprint density at radius 3 is 2.32 bits per heavy atom. The normalized spacial score (nSPS) is 31.1. The van der Waals surface area contributed by atoms with Crippen molar-refractivity contribution in [1.29, 1.82) is 0 Å². The average Bonchev–Trinajstić information content (AvgIpc) is 2.96. The van der Waals surface area contributed by atoms with E-state index in [-0.39, 0.29) is 29.7 Å². The van der Waals surface area contributed by atoms with Crippen molar-refractivity contribution < 1.29 is 34.8 Å². The van der Waals surface area contributed by atoms with Crippen LogP contribution in [-0.4, -0.2) is 118 Å². The third-order valence-corrected chi connectivity index (χ3v) is 10.2. The molecule has 6 atom stereocenters. The molecule has 2 aromatic rings. The zero-order valence-electron chi connectivity index (χ0n) is 25.2. The number of aliphatic hydroxyl groups excluding tert-OH is 2. The number of hydrogen-bond acceptors (Lipinski definition) is 10. The lowest BCUT2D eigenvalue weighted by atomic mass is 9.54. The molecule has 0 aromatic heterocycles. The van der Waals surface area contributed by atoms with Crippen LogP contribution in [0.4, 0.5) is 0 Å². The van der Waals surface area contributed by atoms with Crippen LogP contribution in [0.1, 0.15) is 23.1 Å². The molecule has 3 fully saturated rings. The van der Waals surface area contributed by atoms with Crippen molar-refractivity contribution in [3.63, 3.8) is 0 Å². The van der Waals surface area contributed by atoms with Crippen LogP contribution < -0.4 is 5.73 Å². The number of rotatable bonds is 5. The zero-order chi connectivity index (χ0) is 31.7. The highest BCUT2D eigenvalue weighted by molar-refractivity contribution is 6.25. The monoisotopic (exact) mass is 604 g/mol. The number of amides is 1. The number of aliphatic hydroxyl groups is 3. The first-order chi connectivity index (χ1) is 20.8. The Balaban J connectivity index is 1.38. The smallest absolute Gasteiger partial charge is 0.230 e. The van der Waals surface area contributed by atoms with Gasteiger partial charge in [-0.15, -0.1) is 0 Å². The molecule has 6 N–H and O–H groups in total. The van der Waals surface area contributed by atoms with Gasteiger partial charge >= 0.3 is 0 Å². The van der Waals surface area contributed by atoms with Gasteiger partial charge in [0.25, 0.3) is 0 Å². The SMILES string of the molecule is CN1CCN(Cc2ccc(-c3ccc(O)c4c3C[C@@H]3C[C@@H]5[C@@H](N(C)C)C(O)C(C(N)=O)C(=O)[C@]5(O)C(=O)C3=C4O)cc2)CC1. The number of primary amides is 1. The highest BCUT2D eigenvalue weighted by atomic mass is 16.3. The molecule has 2 saturated carbocycles. The summed E-state index contributed by atoms with van der Waals surface area (Å²) in [4.78, 5) is 46.1. The standard InChI is InChI=1S/C33H40N4O7/c1-35(2)27-22-15-19-14-21-20(18-6-4-17(5-7-18)16-37-12-10-36(3)11-13-37)8-9-23(38)25(21)28(39)24(19)30(41)33(22,44)31(42)26(29(27)40)32(34)43/h4-9,19,22,26-27,29,38-40,44H,10-16H2,1-3H3,(H2,34,43)/t19-,22-,26?,27-,29?,33-/m1/s1. The van der Waals surface area contributed by atoms with Crippen LogP contribution in [0.25, 0.3) is 16.9 Å². The summed E-state index contributed by atoms with van der Waals surface area (Å²) in [6.45, 7) is 4.93. The fourth-order valence-electron chi connectivity index (χ4n) is 7.93. The highest BCUT2D eigenvalue weighted by Crippen LogP contribution is 2.53. The largest absolute Gasteiger partial charge is 0.507 e. The van der Waals surface area contributed by atoms with Gasteiger partial charge in [-0.05, 0) is 68.2 Å². The number of nitrogens with two attached hydrogens (primary N) is 1. The molecule has 1 saturated heterocycles. The molecule has 44 heavy (non-hydrogen) atoms. The van der Waals surface area contributed by atoms with Gasteiger partial charge in [0, 0.05) is 50.3 Å². The molecule has 1 heterocycles. The first kappa shape index (κ1) is 30.4. The maximum Gasteiger partial charge on any atom is 0.230 e. The molecule has 0 radical (unpaired) electrons. The third-order valence-electron chi connectivity index (χ3n) is 10.2. The summed E-state index contributed by atoms with van der Waals surface area (Å²) in [6.07, 6.45) is -1.19. The van der Waals surface area contributed by atoms with E-state index < -0.39 is 58.7 Å². The Morgan fingerprint density at radius 2 is 1.70 bits per heavy atom. The van der Waals surface area contributed by atoms with Crippen molar-refractivity contribution in [2.75, 3.05) is 47.3 Å². The summed E-state index contributed by atoms with van der Waals surface area (Å²) in [5, 5.41) is 45.3. The number of Topliss-reactive ketones (excluding diaryl/α,β-unsaturated/α-hetero) is 2. The van der Waals surface area contributed by atoms with Gasteiger partial charge in [0.2, 0.25) is 11.7 Å². The van der Waals surface area contributed by atoms with Gasteiger partial charge in [0.15, 0.2) is 11.4 Å². The second-order valence-corrected chi connectivity index (χ2v) is 13.1. The number of benzene rings is 2. The Morgan fingerprint density at radius 1 is 1.05 bits per heavy atom. The first-order valence-corrected chi connectivity index (χ1v) is 15.1. The summed E-state index contributed by atoms with van der Waals surface area (Å²) >= 11 is 0. The van der Waals surface area contributed by atoms with Crippen LogP contribution in [0.2, 0.25) is 0 Å². The summed E-state index contributed by atoms with van der Waals surface area (Å²) in [5.41, 5.74) is 6.23. The van der Waals surface area contributed by atoms with E-state index in [1.54, 1.807) is 25.1 Å². The number of piperazine rings is 1. The molecule has 2 aromatic carbocycles. The van der Waals surface area contributed by atoms with Crippen LogP contribution in [-0.2, 0) is 27.3 Å². The predicted octanol–water partition coefficient (Wildman–Crippen LogP) is 0.543. The van der Waals surface area contributed by atoms with Crippen LogP contribution in [0.15, 0.2) is 42.0 Å². The number of carbonyl (C=O) groups excluding carboxylic acids is 3. The predicted molar refractivity (Wildman–Crippen MR) is 162 cm³/mol. The van der Waals surface area contributed by atoms with Crippen molar-refractivity contribution >= 4 is 23.2 Å². The summed E-state index contributed by atoms with van der Waals surface area (Å²) in [7, 11) is 5.39. The summed E-state index contributed by atoms with van der Waals surface area (Å²) in [5.74, 6) is -7.49. The molecule has 1 aliphatic heterocycles. The van der Waals surface area contributed by atoms with E-state index in [9.17, 15) is 34.8 Å². The number of aromatic hydroxyl groups is 1. The van der Waals surface area contributed by atoms with Crippen molar-refractivity contribution in [3.8, 4) is 16.9 Å². The summed E-state index contributed by atoms with van der Waals surface area (Å²) < 4.78 is 0. The molecule has 3 aliphatic carbocycles. The fourth-order valence-corrected chi connectivity index (χ4v) is 7.93. The molecule has 4 aliphatic rings. The van der Waals surface area contributed by atoms with Gasteiger partial charge in [0.1, 0.15) is 17.4 Å². The highest BCUT2D eigenvalue weighted by Gasteiger charge is 2.67. The minimum atomic E-state index is -2.67. The van der Waals surface area contributed by atoms with Gasteiger partial charge in [-0.2, -0.15) is 0 Å². The number of carbonyl (C=O) groups is 3. The zero-order valence-corrected chi connectivity index (χ0v) is 25.2. The first-order valence-electron chi connectivity index (χ1n) is 15.1. The van der Waals surface area contributed by atoms with E-state index in [4.69, 9.17) is 5.73 Å². The lowest BCUT2D eigenvalue weighted by Crippen LogP contribution is -2.73. The molecule has 1 amide bonds. The number of likely N-dealkylation sites (N-methyl/N-ethyl adjacent to an activating group) is 2. The molecule has 6 rings (SSSR count). The molecule has 234 valence electrons. The van der Waals surface area contributed by atoms with Gasteiger partial charge in [0.05, 0.1) is 11.7 Å². The maximum atomic E-state index is 14.0. The van der Waals surface area contributed by atoms with Crippen molar-refractivity contribution in [1.82, 2.24) is 14.7 Å². The number of nitrogens with zero attached hydrogens (tertiary/aromatic N) is 3. The number of phenols is 1. The van der Waals surface area contributed by atoms with Crippen LogP contribution >= 0.6 is 0 Å². The lowest BCUT2D eigenvalue weighted by Gasteiger charge is -2.53. The van der Waals surface area contributed by atoms with E-state index in [2.05, 4.69) is 29.0 Å².